The van der Waals surface area contributed by atoms with Crippen molar-refractivity contribution in [3.63, 3.8) is 0 Å². The Bertz CT molecular complexity index is 613. The van der Waals surface area contributed by atoms with Crippen LogP contribution in [0, 0.1) is 0 Å². The van der Waals surface area contributed by atoms with Crippen LogP contribution in [-0.4, -0.2) is 77.9 Å². The molecule has 1 N–H and O–H groups in total. The quantitative estimate of drug-likeness (QED) is 0.0713. The smallest absolute Gasteiger partial charge is 0.280 e. The van der Waals surface area contributed by atoms with Crippen molar-refractivity contribution >= 4 is 44.8 Å². The van der Waals surface area contributed by atoms with E-state index in [1.54, 1.807) is 0 Å². The molecule has 0 aliphatic rings. The van der Waals surface area contributed by atoms with Gasteiger partial charge < -0.3 is 12.2 Å². The standard InChI is InChI=1S/C26H59ClN6P2S/c1-17(2)30(18(3)4)26(34,31(19(5)6)20(7)8)29-28-25(27)35(36,32(21(9)10)22(11)12)33(23(13)14)24(15)16/h17-24,29H,34H2,1-16H3/b28-25-. The molecule has 0 fully saturated rings. The molecule has 0 spiro atoms. The summed E-state index contributed by atoms with van der Waals surface area (Å²) < 4.78 is 4.82. The molecule has 6 nitrogen and oxygen atoms in total. The largest absolute Gasteiger partial charge is 0.510 e. The molecule has 0 aliphatic heterocycles. The van der Waals surface area contributed by atoms with Crippen LogP contribution in [0.25, 0.3) is 0 Å². The van der Waals surface area contributed by atoms with Crippen LogP contribution in [0.2, 0.25) is 0 Å². The third kappa shape index (κ3) is 8.40. The Kier molecular flexibility index (Phi) is 15.3. The summed E-state index contributed by atoms with van der Waals surface area (Å²) in [5, 5.41) is 5.00. The Morgan fingerprint density at radius 3 is 1.08 bits per heavy atom. The molecule has 0 rings (SSSR count). The third-order valence-corrected chi connectivity index (χ3v) is 13.5. The highest BCUT2D eigenvalue weighted by Gasteiger charge is 2.50. The summed E-state index contributed by atoms with van der Waals surface area (Å²) in [5.41, 5.74) is 2.92. The molecule has 0 saturated heterocycles. The number of rotatable bonds is 15. The van der Waals surface area contributed by atoms with Gasteiger partial charge in [0.1, 0.15) is 6.77 Å². The Labute approximate surface area is 238 Å². The van der Waals surface area contributed by atoms with E-state index in [-0.39, 0.29) is 48.3 Å². The molecule has 0 bridgehead atoms. The zero-order chi connectivity index (χ0) is 28.9. The van der Waals surface area contributed by atoms with Gasteiger partial charge in [-0.15, -0.1) is 5.10 Å². The fourth-order valence-electron chi connectivity index (χ4n) is 5.96. The molecule has 10 heteroatoms. The number of nitrogens with zero attached hydrogens (tertiary/aromatic N) is 5. The van der Waals surface area contributed by atoms with Crippen molar-refractivity contribution in [3.8, 4) is 0 Å². The lowest BCUT2D eigenvalue weighted by atomic mass is 10.2. The molecule has 216 valence electrons. The second-order valence-corrected chi connectivity index (χ2v) is 17.5. The lowest BCUT2D eigenvalue weighted by molar-refractivity contribution is -0.0805. The maximum absolute atomic E-state index is 7.29. The van der Waals surface area contributed by atoms with Crippen LogP contribution in [0.4, 0.5) is 0 Å². The number of nitrogens with one attached hydrogen (secondary N) is 1. The molecule has 0 aromatic carbocycles. The maximum atomic E-state index is 7.29. The monoisotopic (exact) mass is 584 g/mol. The molecule has 0 aromatic rings. The average molecular weight is 585 g/mol. The van der Waals surface area contributed by atoms with Crippen molar-refractivity contribution in [2.75, 3.05) is 0 Å². The van der Waals surface area contributed by atoms with Crippen LogP contribution in [0.15, 0.2) is 5.10 Å². The minimum absolute atomic E-state index is 0.228. The van der Waals surface area contributed by atoms with Gasteiger partial charge in [0, 0.05) is 48.3 Å². The van der Waals surface area contributed by atoms with E-state index in [1.807, 2.05) is 0 Å². The van der Waals surface area contributed by atoms with Gasteiger partial charge >= 0.3 is 0 Å². The van der Waals surface area contributed by atoms with Gasteiger partial charge in [0.05, 0.1) is 0 Å². The molecule has 36 heavy (non-hydrogen) atoms. The summed E-state index contributed by atoms with van der Waals surface area (Å²) in [7, 11) is 3.08. The van der Waals surface area contributed by atoms with E-state index >= 15 is 0 Å². The normalized spacial score (nSPS) is 14.9. The van der Waals surface area contributed by atoms with Crippen molar-refractivity contribution in [3.05, 3.63) is 0 Å². The fraction of sp³-hybridized carbons (Fsp3) is 0.962. The molecule has 1 atom stereocenters. The number of hydrogen-bond acceptors (Lipinski definition) is 7. The fourth-order valence-corrected chi connectivity index (χ4v) is 13.5. The van der Waals surface area contributed by atoms with E-state index < -0.39 is 12.3 Å². The van der Waals surface area contributed by atoms with Gasteiger partial charge in [-0.3, -0.25) is 15.2 Å². The minimum Gasteiger partial charge on any atom is -0.510 e. The van der Waals surface area contributed by atoms with Gasteiger partial charge in [0.25, 0.3) is 4.91 Å². The molecular weight excluding hydrogens is 526 g/mol. The molecule has 0 heterocycles. The van der Waals surface area contributed by atoms with Crippen molar-refractivity contribution in [2.24, 2.45) is 5.10 Å². The van der Waals surface area contributed by atoms with Gasteiger partial charge in [0.15, 0.2) is 5.53 Å². The van der Waals surface area contributed by atoms with Crippen LogP contribution in [0.1, 0.15) is 111 Å². The lowest BCUT2D eigenvalue weighted by Crippen LogP contribution is -2.70. The summed E-state index contributed by atoms with van der Waals surface area (Å²) in [6.07, 6.45) is 0. The summed E-state index contributed by atoms with van der Waals surface area (Å²) in [6.45, 7) is 32.9. The van der Waals surface area contributed by atoms with Crippen molar-refractivity contribution in [2.45, 2.75) is 165 Å². The van der Waals surface area contributed by atoms with E-state index in [0.717, 1.165) is 0 Å². The van der Waals surface area contributed by atoms with Gasteiger partial charge in [-0.05, 0) is 122 Å². The minimum atomic E-state index is -2.59. The first-order chi connectivity index (χ1) is 16.2. The van der Waals surface area contributed by atoms with Crippen molar-refractivity contribution in [1.82, 2.24) is 24.6 Å². The third-order valence-electron chi connectivity index (χ3n) is 6.31. The van der Waals surface area contributed by atoms with E-state index in [1.165, 1.54) is 0 Å². The summed E-state index contributed by atoms with van der Waals surface area (Å²) >= 11 is 13.9. The van der Waals surface area contributed by atoms with E-state index in [4.69, 9.17) is 29.0 Å². The number of halogens is 1. The van der Waals surface area contributed by atoms with E-state index in [9.17, 15) is 0 Å². The highest BCUT2D eigenvalue weighted by atomic mass is 35.5. The summed E-state index contributed by atoms with van der Waals surface area (Å²) in [4.78, 5) is 5.37. The molecule has 0 amide bonds. The van der Waals surface area contributed by atoms with Crippen molar-refractivity contribution in [1.29, 1.82) is 0 Å². The van der Waals surface area contributed by atoms with Gasteiger partial charge in [-0.2, -0.15) is 9.34 Å². The molecule has 0 aromatic heterocycles. The Morgan fingerprint density at radius 2 is 0.889 bits per heavy atom. The molecule has 0 aliphatic carbocycles. The molecule has 0 saturated carbocycles. The second kappa shape index (κ2) is 15.0. The molecule has 0 radical (unpaired) electrons. The zero-order valence-corrected chi connectivity index (χ0v) is 29.8. The van der Waals surface area contributed by atoms with Crippen LogP contribution >= 0.6 is 27.6 Å². The van der Waals surface area contributed by atoms with Gasteiger partial charge in [-0.25, -0.2) is 0 Å². The Hall–Kier alpha value is 0.810. The second-order valence-electron chi connectivity index (χ2n) is 12.1. The van der Waals surface area contributed by atoms with Crippen LogP contribution in [-0.2, 0) is 12.2 Å². The Morgan fingerprint density at radius 1 is 0.639 bits per heavy atom. The first-order valence-corrected chi connectivity index (χ1v) is 17.4. The van der Waals surface area contributed by atoms with Crippen LogP contribution in [0.3, 0.4) is 0 Å². The zero-order valence-electron chi connectivity index (χ0n) is 26.2. The number of hydrazone groups is 1. The molecule has 1 unspecified atom stereocenters. The average Bonchev–Trinajstić information content (AvgIpc) is 2.63. The van der Waals surface area contributed by atoms with E-state index in [2.05, 4.69) is 145 Å². The van der Waals surface area contributed by atoms with E-state index in [0.29, 0.717) is 4.91 Å². The topological polar surface area (TPSA) is 37.4 Å². The Balaban J connectivity index is 7.16. The van der Waals surface area contributed by atoms with Gasteiger partial charge in [0.2, 0.25) is 0 Å². The predicted octanol–water partition coefficient (Wildman–Crippen LogP) is 7.36. The maximum Gasteiger partial charge on any atom is 0.280 e. The van der Waals surface area contributed by atoms with Crippen molar-refractivity contribution < 1.29 is 0 Å². The highest BCUT2D eigenvalue weighted by molar-refractivity contribution is 8.48. The predicted molar refractivity (Wildman–Crippen MR) is 172 cm³/mol. The van der Waals surface area contributed by atoms with Gasteiger partial charge in [-0.1, -0.05) is 9.24 Å². The lowest BCUT2D eigenvalue weighted by Gasteiger charge is -2.55. The van der Waals surface area contributed by atoms with Crippen LogP contribution in [0.5, 0.6) is 0 Å². The summed E-state index contributed by atoms with van der Waals surface area (Å²) in [5.74, 6) is 0. The SMILES string of the molecule is CC(C)N(C(C)C)C(P)(N/N=C(/Cl)[P+]([S-])(N(C(C)C)C(C)C)N(C(C)C)C(C)C)N(C(C)C)C(C)C. The highest BCUT2D eigenvalue weighted by Crippen LogP contribution is 2.68. The summed E-state index contributed by atoms with van der Waals surface area (Å²) in [6, 6.07) is 2.01. The van der Waals surface area contributed by atoms with Crippen LogP contribution < -0.4 is 5.43 Å². The molecular formula is C26H59ClN6P2S. The first kappa shape index (κ1) is 36.8. The number of hydrogen-bond donors (Lipinski definition) is 1. The first-order valence-electron chi connectivity index (χ1n) is 13.7.